The van der Waals surface area contributed by atoms with Gasteiger partial charge in [-0.05, 0) is 47.4 Å². The van der Waals surface area contributed by atoms with Crippen molar-refractivity contribution in [2.45, 2.75) is 26.2 Å². The summed E-state index contributed by atoms with van der Waals surface area (Å²) < 4.78 is 0. The summed E-state index contributed by atoms with van der Waals surface area (Å²) in [7, 11) is 0. The van der Waals surface area contributed by atoms with E-state index >= 15 is 0 Å². The van der Waals surface area contributed by atoms with Gasteiger partial charge in [0, 0.05) is 22.3 Å². The van der Waals surface area contributed by atoms with Crippen molar-refractivity contribution < 1.29 is 4.79 Å². The van der Waals surface area contributed by atoms with Crippen molar-refractivity contribution in [1.82, 2.24) is 10.3 Å². The molecule has 0 spiro atoms. The fourth-order valence-electron chi connectivity index (χ4n) is 2.72. The minimum atomic E-state index is -0.381. The summed E-state index contributed by atoms with van der Waals surface area (Å²) in [6.07, 6.45) is 0. The highest BCUT2D eigenvalue weighted by atomic mass is 35.5. The average molecular weight is 423 g/mol. The Morgan fingerprint density at radius 2 is 1.73 bits per heavy atom. The predicted octanol–water partition coefficient (Wildman–Crippen LogP) is 4.86. The van der Waals surface area contributed by atoms with E-state index in [0.717, 1.165) is 11.3 Å². The molecule has 0 fully saturated rings. The number of anilines is 1. The molecule has 30 heavy (non-hydrogen) atoms. The predicted molar refractivity (Wildman–Crippen MR) is 122 cm³/mol. The fourth-order valence-corrected chi connectivity index (χ4v) is 2.91. The summed E-state index contributed by atoms with van der Waals surface area (Å²) in [5.74, 6) is 0.102. The normalized spacial score (nSPS) is 11.8. The Hall–Kier alpha value is -3.38. The minimum Gasteiger partial charge on any atom is -0.326 e. The maximum absolute atomic E-state index is 12.7. The van der Waals surface area contributed by atoms with Crippen LogP contribution in [0.5, 0.6) is 0 Å². The van der Waals surface area contributed by atoms with E-state index in [1.54, 1.807) is 36.4 Å². The summed E-state index contributed by atoms with van der Waals surface area (Å²) in [4.78, 5) is 31.3. The third kappa shape index (κ3) is 5.81. The topological polar surface area (TPSA) is 86.3 Å². The maximum Gasteiger partial charge on any atom is 0.258 e. The number of benzene rings is 2. The number of H-pyrrole nitrogens is 1. The number of aromatic amines is 1. The molecule has 6 nitrogen and oxygen atoms in total. The number of aromatic nitrogens is 1. The lowest BCUT2D eigenvalue weighted by atomic mass is 9.87. The second-order valence-electron chi connectivity index (χ2n) is 7.78. The minimum absolute atomic E-state index is 0.0380. The molecule has 0 saturated heterocycles. The molecule has 154 valence electrons. The van der Waals surface area contributed by atoms with Gasteiger partial charge in [0.25, 0.3) is 5.91 Å². The van der Waals surface area contributed by atoms with E-state index in [-0.39, 0.29) is 22.8 Å². The van der Waals surface area contributed by atoms with Crippen LogP contribution >= 0.6 is 11.6 Å². The molecule has 0 aliphatic carbocycles. The first-order valence-corrected chi connectivity index (χ1v) is 9.81. The molecule has 3 N–H and O–H groups in total. The number of halogens is 1. The van der Waals surface area contributed by atoms with Crippen molar-refractivity contribution in [3.8, 4) is 0 Å². The van der Waals surface area contributed by atoms with Crippen LogP contribution in [-0.4, -0.2) is 16.9 Å². The van der Waals surface area contributed by atoms with Crippen LogP contribution in [0.3, 0.4) is 0 Å². The molecule has 3 aromatic rings. The van der Waals surface area contributed by atoms with Crippen LogP contribution in [0.1, 0.15) is 36.7 Å². The first-order chi connectivity index (χ1) is 14.2. The number of nitrogens with zero attached hydrogens (tertiary/aromatic N) is 1. The molecule has 0 saturated carbocycles. The van der Waals surface area contributed by atoms with Crippen LogP contribution in [0.4, 0.5) is 11.5 Å². The quantitative estimate of drug-likeness (QED) is 0.416. The van der Waals surface area contributed by atoms with Crippen LogP contribution in [0.15, 0.2) is 76.5 Å². The SMILES string of the molecule is CC(C)(C)c1cccc(N/C(=N\c2cccc(=O)[nH]2)NC(=O)c2cccc(Cl)c2)c1. The van der Waals surface area contributed by atoms with Gasteiger partial charge in [0.15, 0.2) is 0 Å². The number of carbonyl (C=O) groups excluding carboxylic acids is 1. The van der Waals surface area contributed by atoms with Gasteiger partial charge in [-0.25, -0.2) is 0 Å². The molecule has 1 amide bonds. The summed E-state index contributed by atoms with van der Waals surface area (Å²) >= 11 is 6.00. The Morgan fingerprint density at radius 3 is 2.43 bits per heavy atom. The monoisotopic (exact) mass is 422 g/mol. The van der Waals surface area contributed by atoms with E-state index in [4.69, 9.17) is 11.6 Å². The molecule has 0 aliphatic rings. The lowest BCUT2D eigenvalue weighted by Crippen LogP contribution is -2.36. The standard InChI is InChI=1S/C23H23ClN4O2/c1-23(2,3)16-8-5-10-18(14-16)25-22(27-19-11-6-12-20(29)26-19)28-21(30)15-7-4-9-17(24)13-15/h4-14H,1-3H3,(H3,25,26,27,28,29,30). The zero-order valence-corrected chi connectivity index (χ0v) is 17.7. The second kappa shape index (κ2) is 8.97. The number of amides is 1. The maximum atomic E-state index is 12.7. The van der Waals surface area contributed by atoms with E-state index in [1.807, 2.05) is 24.3 Å². The second-order valence-corrected chi connectivity index (χ2v) is 8.22. The lowest BCUT2D eigenvalue weighted by Gasteiger charge is -2.20. The molecule has 0 aliphatic heterocycles. The van der Waals surface area contributed by atoms with Gasteiger partial charge < -0.3 is 10.3 Å². The average Bonchev–Trinajstić information content (AvgIpc) is 2.67. The van der Waals surface area contributed by atoms with Crippen LogP contribution < -0.4 is 16.2 Å². The van der Waals surface area contributed by atoms with E-state index in [0.29, 0.717) is 16.4 Å². The zero-order chi connectivity index (χ0) is 21.7. The van der Waals surface area contributed by atoms with Crippen LogP contribution in [0.2, 0.25) is 5.02 Å². The van der Waals surface area contributed by atoms with E-state index in [9.17, 15) is 9.59 Å². The lowest BCUT2D eigenvalue weighted by molar-refractivity contribution is 0.0977. The Balaban J connectivity index is 1.94. The van der Waals surface area contributed by atoms with Crippen LogP contribution in [0.25, 0.3) is 0 Å². The molecule has 1 heterocycles. The highest BCUT2D eigenvalue weighted by Gasteiger charge is 2.15. The van der Waals surface area contributed by atoms with Crippen molar-refractivity contribution in [1.29, 1.82) is 0 Å². The summed E-state index contributed by atoms with van der Waals surface area (Å²) in [6, 6.07) is 19.1. The van der Waals surface area contributed by atoms with Gasteiger partial charge in [0.2, 0.25) is 11.5 Å². The number of hydrogen-bond donors (Lipinski definition) is 3. The van der Waals surface area contributed by atoms with Crippen LogP contribution in [0, 0.1) is 0 Å². The largest absolute Gasteiger partial charge is 0.326 e. The first-order valence-electron chi connectivity index (χ1n) is 9.43. The van der Waals surface area contributed by atoms with Crippen molar-refractivity contribution in [2.24, 2.45) is 4.99 Å². The number of aliphatic imine (C=N–C) groups is 1. The van der Waals surface area contributed by atoms with Gasteiger partial charge in [-0.3, -0.25) is 14.9 Å². The zero-order valence-electron chi connectivity index (χ0n) is 17.0. The molecular formula is C23H23ClN4O2. The van der Waals surface area contributed by atoms with Gasteiger partial charge in [-0.15, -0.1) is 0 Å². The molecule has 2 aromatic carbocycles. The number of rotatable bonds is 3. The molecular weight excluding hydrogens is 400 g/mol. The third-order valence-electron chi connectivity index (χ3n) is 4.30. The van der Waals surface area contributed by atoms with Gasteiger partial charge in [-0.1, -0.05) is 56.6 Å². The highest BCUT2D eigenvalue weighted by molar-refractivity contribution is 6.31. The summed E-state index contributed by atoms with van der Waals surface area (Å²) in [5, 5.41) is 6.35. The Labute approximate surface area is 180 Å². The molecule has 3 rings (SSSR count). The third-order valence-corrected chi connectivity index (χ3v) is 4.53. The summed E-state index contributed by atoms with van der Waals surface area (Å²) in [6.45, 7) is 6.37. The Kier molecular flexibility index (Phi) is 6.37. The first kappa shape index (κ1) is 21.3. The molecule has 7 heteroatoms. The van der Waals surface area contributed by atoms with Gasteiger partial charge in [0.1, 0.15) is 5.82 Å². The number of guanidine groups is 1. The van der Waals surface area contributed by atoms with Gasteiger partial charge >= 0.3 is 0 Å². The molecule has 0 bridgehead atoms. The van der Waals surface area contributed by atoms with Crippen molar-refractivity contribution in [2.75, 3.05) is 5.32 Å². The number of pyridine rings is 1. The summed E-state index contributed by atoms with van der Waals surface area (Å²) in [5.41, 5.74) is 1.95. The Morgan fingerprint density at radius 1 is 1.00 bits per heavy atom. The van der Waals surface area contributed by atoms with Crippen molar-refractivity contribution >= 4 is 35.0 Å². The van der Waals surface area contributed by atoms with E-state index in [2.05, 4.69) is 41.4 Å². The number of nitrogens with one attached hydrogen (secondary N) is 3. The van der Waals surface area contributed by atoms with Crippen LogP contribution in [-0.2, 0) is 5.41 Å². The van der Waals surface area contributed by atoms with Gasteiger partial charge in [0.05, 0.1) is 0 Å². The fraction of sp³-hybridized carbons (Fsp3) is 0.174. The number of carbonyl (C=O) groups is 1. The molecule has 1 aromatic heterocycles. The molecule has 0 radical (unpaired) electrons. The van der Waals surface area contributed by atoms with Gasteiger partial charge in [-0.2, -0.15) is 4.99 Å². The van der Waals surface area contributed by atoms with Crippen molar-refractivity contribution in [3.05, 3.63) is 93.2 Å². The van der Waals surface area contributed by atoms with E-state index in [1.165, 1.54) is 6.07 Å². The highest BCUT2D eigenvalue weighted by Crippen LogP contribution is 2.24. The van der Waals surface area contributed by atoms with Crippen molar-refractivity contribution in [3.63, 3.8) is 0 Å². The number of hydrogen-bond acceptors (Lipinski definition) is 3. The molecule has 0 atom stereocenters. The molecule has 0 unspecified atom stereocenters. The Bertz CT molecular complexity index is 1150. The smallest absolute Gasteiger partial charge is 0.258 e. The van der Waals surface area contributed by atoms with E-state index < -0.39 is 0 Å².